The first-order chi connectivity index (χ1) is 12.3. The molecule has 4 rings (SSSR count). The van der Waals surface area contributed by atoms with Gasteiger partial charge in [0.05, 0.1) is 18.2 Å². The van der Waals surface area contributed by atoms with Gasteiger partial charge in [-0.25, -0.2) is 9.97 Å². The summed E-state index contributed by atoms with van der Waals surface area (Å²) in [5, 5.41) is 0. The molecule has 2 fully saturated rings. The highest BCUT2D eigenvalue weighted by atomic mass is 16.5. The third-order valence-corrected chi connectivity index (χ3v) is 4.87. The van der Waals surface area contributed by atoms with E-state index in [1.807, 2.05) is 41.3 Å². The molecule has 1 atom stereocenters. The van der Waals surface area contributed by atoms with Crippen LogP contribution in [0, 0.1) is 5.92 Å². The Morgan fingerprint density at radius 1 is 1.08 bits per heavy atom. The van der Waals surface area contributed by atoms with E-state index in [9.17, 15) is 4.79 Å². The number of benzene rings is 1. The van der Waals surface area contributed by atoms with Crippen LogP contribution in [0.3, 0.4) is 0 Å². The van der Waals surface area contributed by atoms with Gasteiger partial charge in [-0.1, -0.05) is 30.3 Å². The first kappa shape index (κ1) is 16.0. The lowest BCUT2D eigenvalue weighted by Gasteiger charge is -2.35. The molecule has 6 heteroatoms. The predicted molar refractivity (Wildman–Crippen MR) is 95.2 cm³/mol. The fourth-order valence-electron chi connectivity index (χ4n) is 3.38. The van der Waals surface area contributed by atoms with E-state index >= 15 is 0 Å². The monoisotopic (exact) mass is 338 g/mol. The van der Waals surface area contributed by atoms with Gasteiger partial charge in [-0.3, -0.25) is 4.79 Å². The molecule has 2 aromatic rings. The van der Waals surface area contributed by atoms with Crippen LogP contribution >= 0.6 is 0 Å². The van der Waals surface area contributed by atoms with Crippen LogP contribution in [0.15, 0.2) is 42.6 Å². The second-order valence-electron chi connectivity index (χ2n) is 6.48. The van der Waals surface area contributed by atoms with Crippen molar-refractivity contribution in [2.24, 2.45) is 5.92 Å². The summed E-state index contributed by atoms with van der Waals surface area (Å²) in [6, 6.07) is 12.0. The van der Waals surface area contributed by atoms with Crippen molar-refractivity contribution in [1.82, 2.24) is 14.9 Å². The highest BCUT2D eigenvalue weighted by molar-refractivity contribution is 5.79. The standard InChI is InChI=1S/C19H22N4O2/c24-18(16-7-13-25-14-16)22-9-11-23(12-10-22)19-20-8-6-17(21-19)15-4-2-1-3-5-15/h1-6,8,16H,7,9-14H2. The van der Waals surface area contributed by atoms with Gasteiger partial charge in [-0.05, 0) is 12.5 Å². The topological polar surface area (TPSA) is 58.6 Å². The van der Waals surface area contributed by atoms with Crippen molar-refractivity contribution in [3.05, 3.63) is 42.6 Å². The molecule has 0 spiro atoms. The van der Waals surface area contributed by atoms with Crippen molar-refractivity contribution in [3.63, 3.8) is 0 Å². The zero-order chi connectivity index (χ0) is 17.1. The molecule has 0 bridgehead atoms. The van der Waals surface area contributed by atoms with E-state index in [2.05, 4.69) is 9.88 Å². The Morgan fingerprint density at radius 3 is 2.60 bits per heavy atom. The van der Waals surface area contributed by atoms with Crippen LogP contribution in [0.5, 0.6) is 0 Å². The summed E-state index contributed by atoms with van der Waals surface area (Å²) in [7, 11) is 0. The lowest BCUT2D eigenvalue weighted by Crippen LogP contribution is -2.51. The molecule has 2 aliphatic rings. The number of amides is 1. The van der Waals surface area contributed by atoms with Crippen molar-refractivity contribution in [2.45, 2.75) is 6.42 Å². The molecule has 2 aliphatic heterocycles. The minimum absolute atomic E-state index is 0.0456. The Kier molecular flexibility index (Phi) is 4.61. The maximum atomic E-state index is 12.5. The lowest BCUT2D eigenvalue weighted by atomic mass is 10.1. The van der Waals surface area contributed by atoms with Gasteiger partial charge in [0.15, 0.2) is 0 Å². The molecule has 25 heavy (non-hydrogen) atoms. The summed E-state index contributed by atoms with van der Waals surface area (Å²) in [5.74, 6) is 1.01. The minimum Gasteiger partial charge on any atom is -0.381 e. The number of aromatic nitrogens is 2. The number of anilines is 1. The van der Waals surface area contributed by atoms with Crippen LogP contribution in [0.1, 0.15) is 6.42 Å². The van der Waals surface area contributed by atoms with Crippen LogP contribution in [0.2, 0.25) is 0 Å². The van der Waals surface area contributed by atoms with Crippen LogP contribution in [0.25, 0.3) is 11.3 Å². The van der Waals surface area contributed by atoms with Crippen LogP contribution in [-0.4, -0.2) is 60.2 Å². The van der Waals surface area contributed by atoms with Crippen LogP contribution in [-0.2, 0) is 9.53 Å². The zero-order valence-electron chi connectivity index (χ0n) is 14.2. The number of carbonyl (C=O) groups excluding carboxylic acids is 1. The number of carbonyl (C=O) groups is 1. The summed E-state index contributed by atoms with van der Waals surface area (Å²) < 4.78 is 5.34. The number of piperazine rings is 1. The lowest BCUT2D eigenvalue weighted by molar-refractivity contribution is -0.135. The number of ether oxygens (including phenoxy) is 1. The second-order valence-corrected chi connectivity index (χ2v) is 6.48. The largest absolute Gasteiger partial charge is 0.381 e. The average molecular weight is 338 g/mol. The van der Waals surface area contributed by atoms with Gasteiger partial charge in [0, 0.05) is 44.5 Å². The molecule has 1 aromatic carbocycles. The first-order valence-corrected chi connectivity index (χ1v) is 8.81. The average Bonchev–Trinajstić information content (AvgIpc) is 3.23. The molecule has 1 amide bonds. The molecule has 0 saturated carbocycles. The predicted octanol–water partition coefficient (Wildman–Crippen LogP) is 1.83. The van der Waals surface area contributed by atoms with E-state index < -0.39 is 0 Å². The van der Waals surface area contributed by atoms with E-state index in [0.717, 1.165) is 36.7 Å². The fraction of sp³-hybridized carbons (Fsp3) is 0.421. The van der Waals surface area contributed by atoms with Gasteiger partial charge < -0.3 is 14.5 Å². The summed E-state index contributed by atoms with van der Waals surface area (Å²) in [6.45, 7) is 4.23. The third-order valence-electron chi connectivity index (χ3n) is 4.87. The smallest absolute Gasteiger partial charge is 0.228 e. The SMILES string of the molecule is O=C(C1CCOC1)N1CCN(c2nccc(-c3ccccc3)n2)CC1. The summed E-state index contributed by atoms with van der Waals surface area (Å²) in [4.78, 5) is 25.7. The van der Waals surface area contributed by atoms with Crippen LogP contribution < -0.4 is 4.90 Å². The highest BCUT2D eigenvalue weighted by Crippen LogP contribution is 2.21. The van der Waals surface area contributed by atoms with Gasteiger partial charge in [-0.2, -0.15) is 0 Å². The molecule has 0 aliphatic carbocycles. The summed E-state index contributed by atoms with van der Waals surface area (Å²) >= 11 is 0. The van der Waals surface area contributed by atoms with E-state index in [-0.39, 0.29) is 11.8 Å². The molecule has 1 unspecified atom stereocenters. The molecule has 2 saturated heterocycles. The van der Waals surface area contributed by atoms with Crippen molar-refractivity contribution in [3.8, 4) is 11.3 Å². The van der Waals surface area contributed by atoms with Gasteiger partial charge in [0.25, 0.3) is 0 Å². The Morgan fingerprint density at radius 2 is 1.88 bits per heavy atom. The van der Waals surface area contributed by atoms with E-state index in [0.29, 0.717) is 26.3 Å². The number of nitrogens with zero attached hydrogens (tertiary/aromatic N) is 4. The molecule has 0 radical (unpaired) electrons. The first-order valence-electron chi connectivity index (χ1n) is 8.81. The molecular formula is C19H22N4O2. The van der Waals surface area contributed by atoms with Crippen molar-refractivity contribution in [1.29, 1.82) is 0 Å². The molecule has 3 heterocycles. The zero-order valence-corrected chi connectivity index (χ0v) is 14.2. The van der Waals surface area contributed by atoms with Gasteiger partial charge >= 0.3 is 0 Å². The summed E-state index contributed by atoms with van der Waals surface area (Å²) in [5.41, 5.74) is 2.01. The van der Waals surface area contributed by atoms with Gasteiger partial charge in [-0.15, -0.1) is 0 Å². The number of hydrogen-bond donors (Lipinski definition) is 0. The van der Waals surface area contributed by atoms with E-state index in [4.69, 9.17) is 9.72 Å². The molecule has 1 aromatic heterocycles. The Labute approximate surface area is 147 Å². The fourth-order valence-corrected chi connectivity index (χ4v) is 3.38. The quantitative estimate of drug-likeness (QED) is 0.854. The van der Waals surface area contributed by atoms with Crippen molar-refractivity contribution in [2.75, 3.05) is 44.3 Å². The Hall–Kier alpha value is -2.47. The second kappa shape index (κ2) is 7.19. The normalized spacial score (nSPS) is 20.7. The molecular weight excluding hydrogens is 316 g/mol. The molecule has 0 N–H and O–H groups in total. The van der Waals surface area contributed by atoms with E-state index in [1.165, 1.54) is 0 Å². The third kappa shape index (κ3) is 3.49. The molecule has 6 nitrogen and oxygen atoms in total. The van der Waals surface area contributed by atoms with Gasteiger partial charge in [0.2, 0.25) is 11.9 Å². The van der Waals surface area contributed by atoms with Crippen molar-refractivity contribution >= 4 is 11.9 Å². The van der Waals surface area contributed by atoms with E-state index in [1.54, 1.807) is 6.20 Å². The van der Waals surface area contributed by atoms with Crippen LogP contribution in [0.4, 0.5) is 5.95 Å². The number of rotatable bonds is 3. The van der Waals surface area contributed by atoms with Crippen molar-refractivity contribution < 1.29 is 9.53 Å². The maximum absolute atomic E-state index is 12.5. The highest BCUT2D eigenvalue weighted by Gasteiger charge is 2.30. The number of hydrogen-bond acceptors (Lipinski definition) is 5. The minimum atomic E-state index is 0.0456. The maximum Gasteiger partial charge on any atom is 0.228 e. The summed E-state index contributed by atoms with van der Waals surface area (Å²) in [6.07, 6.45) is 2.65. The Balaban J connectivity index is 1.42. The Bertz CT molecular complexity index is 723. The molecule has 130 valence electrons. The van der Waals surface area contributed by atoms with Gasteiger partial charge in [0.1, 0.15) is 0 Å².